The molecule has 1 N–H and O–H groups in total. The van der Waals surface area contributed by atoms with Crippen LogP contribution in [0.25, 0.3) is 0 Å². The number of hydrogen-bond acceptors (Lipinski definition) is 4. The first-order chi connectivity index (χ1) is 11.1. The second kappa shape index (κ2) is 8.95. The standard InChI is InChI=1S/C17H16FNO3S/c18-14-6-8-15(9-7-14)19-16(20)11-23-12-17(21)22-10-13-4-2-1-3-5-13/h1-9H,10-12H2,(H,19,20). The highest BCUT2D eigenvalue weighted by atomic mass is 32.2. The van der Waals surface area contributed by atoms with E-state index in [0.717, 1.165) is 5.56 Å². The predicted octanol–water partition coefficient (Wildman–Crippen LogP) is 3.24. The molecule has 0 saturated carbocycles. The molecule has 2 aromatic carbocycles. The fourth-order valence-corrected chi connectivity index (χ4v) is 2.35. The van der Waals surface area contributed by atoms with Crippen molar-refractivity contribution in [2.75, 3.05) is 16.8 Å². The molecule has 2 rings (SSSR count). The monoisotopic (exact) mass is 333 g/mol. The zero-order valence-corrected chi connectivity index (χ0v) is 13.1. The molecule has 0 aliphatic carbocycles. The van der Waals surface area contributed by atoms with Gasteiger partial charge in [0.25, 0.3) is 0 Å². The quantitative estimate of drug-likeness (QED) is 0.790. The molecule has 0 aliphatic rings. The Balaban J connectivity index is 1.63. The van der Waals surface area contributed by atoms with E-state index in [2.05, 4.69) is 5.32 Å². The Morgan fingerprint density at radius 3 is 2.39 bits per heavy atom. The van der Waals surface area contributed by atoms with Gasteiger partial charge in [0, 0.05) is 5.69 Å². The number of nitrogens with one attached hydrogen (secondary N) is 1. The predicted molar refractivity (Wildman–Crippen MR) is 88.6 cm³/mol. The van der Waals surface area contributed by atoms with Crippen LogP contribution in [0.15, 0.2) is 54.6 Å². The van der Waals surface area contributed by atoms with Crippen LogP contribution in [0, 0.1) is 5.82 Å². The highest BCUT2D eigenvalue weighted by Gasteiger charge is 2.07. The summed E-state index contributed by atoms with van der Waals surface area (Å²) in [5, 5.41) is 2.62. The SMILES string of the molecule is O=C(CSCC(=O)OCc1ccccc1)Nc1ccc(F)cc1. The van der Waals surface area contributed by atoms with Crippen LogP contribution in [0.4, 0.5) is 10.1 Å². The molecule has 0 atom stereocenters. The van der Waals surface area contributed by atoms with Crippen molar-refractivity contribution >= 4 is 29.3 Å². The lowest BCUT2D eigenvalue weighted by Gasteiger charge is -2.06. The third-order valence-electron chi connectivity index (χ3n) is 2.82. The van der Waals surface area contributed by atoms with Gasteiger partial charge >= 0.3 is 5.97 Å². The summed E-state index contributed by atoms with van der Waals surface area (Å²) in [4.78, 5) is 23.3. The molecule has 0 unspecified atom stereocenters. The van der Waals surface area contributed by atoms with Crippen molar-refractivity contribution in [3.8, 4) is 0 Å². The van der Waals surface area contributed by atoms with E-state index in [1.54, 1.807) is 0 Å². The normalized spacial score (nSPS) is 10.1. The van der Waals surface area contributed by atoms with Crippen LogP contribution in [0.1, 0.15) is 5.56 Å². The molecule has 1 amide bonds. The summed E-state index contributed by atoms with van der Waals surface area (Å²) in [5.41, 5.74) is 1.43. The van der Waals surface area contributed by atoms with E-state index in [1.165, 1.54) is 36.0 Å². The van der Waals surface area contributed by atoms with Crippen LogP contribution in [0.2, 0.25) is 0 Å². The number of carbonyl (C=O) groups excluding carboxylic acids is 2. The Morgan fingerprint density at radius 2 is 1.70 bits per heavy atom. The molecule has 120 valence electrons. The fourth-order valence-electron chi connectivity index (χ4n) is 1.74. The highest BCUT2D eigenvalue weighted by molar-refractivity contribution is 8.00. The van der Waals surface area contributed by atoms with Crippen molar-refractivity contribution in [2.45, 2.75) is 6.61 Å². The van der Waals surface area contributed by atoms with E-state index in [9.17, 15) is 14.0 Å². The first-order valence-electron chi connectivity index (χ1n) is 6.96. The molecular formula is C17H16FNO3S. The van der Waals surface area contributed by atoms with Crippen molar-refractivity contribution in [1.82, 2.24) is 0 Å². The zero-order valence-electron chi connectivity index (χ0n) is 12.3. The summed E-state index contributed by atoms with van der Waals surface area (Å²) < 4.78 is 17.9. The number of hydrogen-bond donors (Lipinski definition) is 1. The molecule has 23 heavy (non-hydrogen) atoms. The van der Waals surface area contributed by atoms with Crippen LogP contribution >= 0.6 is 11.8 Å². The summed E-state index contributed by atoms with van der Waals surface area (Å²) in [7, 11) is 0. The van der Waals surface area contributed by atoms with Gasteiger partial charge in [-0.1, -0.05) is 30.3 Å². The maximum absolute atomic E-state index is 12.7. The molecule has 0 bridgehead atoms. The number of rotatable bonds is 7. The maximum atomic E-state index is 12.7. The van der Waals surface area contributed by atoms with Crippen molar-refractivity contribution in [2.24, 2.45) is 0 Å². The molecule has 0 aliphatic heterocycles. The van der Waals surface area contributed by atoms with Crippen LogP contribution in [-0.2, 0) is 20.9 Å². The van der Waals surface area contributed by atoms with Crippen LogP contribution in [0.5, 0.6) is 0 Å². The van der Waals surface area contributed by atoms with Crippen molar-refractivity contribution in [1.29, 1.82) is 0 Å². The Bertz CT molecular complexity index is 647. The van der Waals surface area contributed by atoms with Gasteiger partial charge in [0.2, 0.25) is 5.91 Å². The van der Waals surface area contributed by atoms with E-state index in [4.69, 9.17) is 4.74 Å². The van der Waals surface area contributed by atoms with Gasteiger partial charge in [0.15, 0.2) is 0 Å². The molecule has 0 saturated heterocycles. The molecule has 0 fully saturated rings. The summed E-state index contributed by atoms with van der Waals surface area (Å²) >= 11 is 1.17. The molecule has 0 radical (unpaired) electrons. The third-order valence-corrected chi connectivity index (χ3v) is 3.73. The number of carbonyl (C=O) groups is 2. The lowest BCUT2D eigenvalue weighted by atomic mass is 10.2. The first kappa shape index (κ1) is 17.0. The van der Waals surface area contributed by atoms with Crippen LogP contribution in [-0.4, -0.2) is 23.4 Å². The molecule has 0 aromatic heterocycles. The minimum absolute atomic E-state index is 0.101. The van der Waals surface area contributed by atoms with Gasteiger partial charge in [-0.15, -0.1) is 11.8 Å². The number of esters is 1. The number of benzene rings is 2. The molecule has 2 aromatic rings. The zero-order chi connectivity index (χ0) is 16.5. The Kier molecular flexibility index (Phi) is 6.62. The van der Waals surface area contributed by atoms with Crippen LogP contribution < -0.4 is 5.32 Å². The largest absolute Gasteiger partial charge is 0.460 e. The van der Waals surface area contributed by atoms with Crippen molar-refractivity contribution in [3.05, 3.63) is 66.0 Å². The van der Waals surface area contributed by atoms with E-state index in [0.29, 0.717) is 5.69 Å². The van der Waals surface area contributed by atoms with Gasteiger partial charge in [-0.25, -0.2) is 4.39 Å². The van der Waals surface area contributed by atoms with E-state index in [1.807, 2.05) is 30.3 Å². The van der Waals surface area contributed by atoms with Crippen molar-refractivity contribution in [3.63, 3.8) is 0 Å². The second-order valence-electron chi connectivity index (χ2n) is 4.69. The van der Waals surface area contributed by atoms with Crippen molar-refractivity contribution < 1.29 is 18.7 Å². The molecule has 0 heterocycles. The minimum atomic E-state index is -0.367. The number of amides is 1. The lowest BCUT2D eigenvalue weighted by Crippen LogP contribution is -2.16. The minimum Gasteiger partial charge on any atom is -0.460 e. The topological polar surface area (TPSA) is 55.4 Å². The van der Waals surface area contributed by atoms with Gasteiger partial charge < -0.3 is 10.1 Å². The molecule has 4 nitrogen and oxygen atoms in total. The van der Waals surface area contributed by atoms with Gasteiger partial charge in [-0.3, -0.25) is 9.59 Å². The fraction of sp³-hybridized carbons (Fsp3) is 0.176. The lowest BCUT2D eigenvalue weighted by molar-refractivity contribution is -0.141. The average Bonchev–Trinajstić information content (AvgIpc) is 2.56. The average molecular weight is 333 g/mol. The van der Waals surface area contributed by atoms with Gasteiger partial charge in [-0.05, 0) is 29.8 Å². The Labute approximate surface area is 138 Å². The number of halogens is 1. The molecule has 0 spiro atoms. The Hall–Kier alpha value is -2.34. The van der Waals surface area contributed by atoms with Crippen LogP contribution in [0.3, 0.4) is 0 Å². The first-order valence-corrected chi connectivity index (χ1v) is 8.11. The van der Waals surface area contributed by atoms with E-state index in [-0.39, 0.29) is 35.8 Å². The second-order valence-corrected chi connectivity index (χ2v) is 5.68. The Morgan fingerprint density at radius 1 is 1.00 bits per heavy atom. The van der Waals surface area contributed by atoms with E-state index >= 15 is 0 Å². The highest BCUT2D eigenvalue weighted by Crippen LogP contribution is 2.10. The molecule has 6 heteroatoms. The summed E-state index contributed by atoms with van der Waals surface area (Å²) in [6.07, 6.45) is 0. The number of thioether (sulfide) groups is 1. The molecular weight excluding hydrogens is 317 g/mol. The summed E-state index contributed by atoms with van der Waals surface area (Å²) in [6.45, 7) is 0.224. The maximum Gasteiger partial charge on any atom is 0.316 e. The third kappa shape index (κ3) is 6.52. The van der Waals surface area contributed by atoms with E-state index < -0.39 is 0 Å². The van der Waals surface area contributed by atoms with Gasteiger partial charge in [-0.2, -0.15) is 0 Å². The summed E-state index contributed by atoms with van der Waals surface area (Å²) in [5.74, 6) is -0.758. The summed E-state index contributed by atoms with van der Waals surface area (Å²) in [6, 6.07) is 14.9. The van der Waals surface area contributed by atoms with Gasteiger partial charge in [0.1, 0.15) is 12.4 Å². The van der Waals surface area contributed by atoms with Gasteiger partial charge in [0.05, 0.1) is 11.5 Å². The number of ether oxygens (including phenoxy) is 1. The smallest absolute Gasteiger partial charge is 0.316 e. The number of anilines is 1.